The van der Waals surface area contributed by atoms with Crippen molar-refractivity contribution in [1.29, 1.82) is 5.26 Å². The first-order valence-corrected chi connectivity index (χ1v) is 7.45. The summed E-state index contributed by atoms with van der Waals surface area (Å²) in [6.07, 6.45) is 2.50. The zero-order valence-corrected chi connectivity index (χ0v) is 12.7. The molecule has 0 bridgehead atoms. The summed E-state index contributed by atoms with van der Waals surface area (Å²) in [4.78, 5) is 14.3. The lowest BCUT2D eigenvalue weighted by molar-refractivity contribution is -0.135. The van der Waals surface area contributed by atoms with Crippen LogP contribution in [0.15, 0.2) is 24.3 Å². The fourth-order valence-electron chi connectivity index (χ4n) is 2.67. The van der Waals surface area contributed by atoms with Crippen molar-refractivity contribution in [1.82, 2.24) is 4.90 Å². The Balaban J connectivity index is 2.02. The van der Waals surface area contributed by atoms with Gasteiger partial charge in [0, 0.05) is 13.1 Å². The van der Waals surface area contributed by atoms with Gasteiger partial charge in [-0.25, -0.2) is 0 Å². The molecule has 1 amide bonds. The lowest BCUT2D eigenvalue weighted by atomic mass is 9.95. The third-order valence-electron chi connectivity index (χ3n) is 4.12. The van der Waals surface area contributed by atoms with Gasteiger partial charge in [0.15, 0.2) is 0 Å². The second-order valence-corrected chi connectivity index (χ2v) is 5.75. The fraction of sp³-hybridized carbons (Fsp3) is 0.529. The highest BCUT2D eigenvalue weighted by Gasteiger charge is 2.27. The van der Waals surface area contributed by atoms with Crippen LogP contribution in [-0.4, -0.2) is 31.0 Å². The molecule has 4 nitrogen and oxygen atoms in total. The molecule has 1 heterocycles. The lowest BCUT2D eigenvalue weighted by Crippen LogP contribution is -2.41. The molecule has 0 spiro atoms. The van der Waals surface area contributed by atoms with E-state index in [1.54, 1.807) is 7.11 Å². The van der Waals surface area contributed by atoms with Crippen molar-refractivity contribution in [3.8, 4) is 11.8 Å². The van der Waals surface area contributed by atoms with Crippen LogP contribution in [0.3, 0.4) is 0 Å². The minimum Gasteiger partial charge on any atom is -0.497 e. The number of hydrogen-bond donors (Lipinski definition) is 0. The van der Waals surface area contributed by atoms with Crippen molar-refractivity contribution in [3.05, 3.63) is 29.8 Å². The number of piperidine rings is 1. The van der Waals surface area contributed by atoms with Gasteiger partial charge in [0.25, 0.3) is 0 Å². The molecule has 0 radical (unpaired) electrons. The Labute approximate surface area is 126 Å². The zero-order valence-electron chi connectivity index (χ0n) is 12.7. The van der Waals surface area contributed by atoms with E-state index in [1.807, 2.05) is 29.2 Å². The van der Waals surface area contributed by atoms with E-state index in [4.69, 9.17) is 4.74 Å². The SMILES string of the molecule is COc1cccc(CC(C#N)C(=O)N2CCC(C)CC2)c1. The molecule has 0 aromatic heterocycles. The number of hydrogen-bond acceptors (Lipinski definition) is 3. The lowest BCUT2D eigenvalue weighted by Gasteiger charge is -2.31. The third kappa shape index (κ3) is 3.98. The van der Waals surface area contributed by atoms with E-state index >= 15 is 0 Å². The van der Waals surface area contributed by atoms with Crippen molar-refractivity contribution in [3.63, 3.8) is 0 Å². The molecule has 1 aromatic carbocycles. The van der Waals surface area contributed by atoms with E-state index in [-0.39, 0.29) is 5.91 Å². The highest BCUT2D eigenvalue weighted by molar-refractivity contribution is 5.81. The molecule has 1 fully saturated rings. The van der Waals surface area contributed by atoms with Crippen molar-refractivity contribution in [2.45, 2.75) is 26.2 Å². The van der Waals surface area contributed by atoms with Gasteiger partial charge in [0.05, 0.1) is 13.2 Å². The molecule has 21 heavy (non-hydrogen) atoms. The minimum absolute atomic E-state index is 0.0350. The number of benzene rings is 1. The highest BCUT2D eigenvalue weighted by Crippen LogP contribution is 2.21. The quantitative estimate of drug-likeness (QED) is 0.855. The van der Waals surface area contributed by atoms with Gasteiger partial charge in [0.1, 0.15) is 11.7 Å². The Bertz CT molecular complexity index is 528. The molecule has 4 heteroatoms. The van der Waals surface area contributed by atoms with Gasteiger partial charge in [-0.1, -0.05) is 19.1 Å². The number of ether oxygens (including phenoxy) is 1. The monoisotopic (exact) mass is 286 g/mol. The summed E-state index contributed by atoms with van der Waals surface area (Å²) in [5.74, 6) is 0.786. The smallest absolute Gasteiger partial charge is 0.240 e. The summed E-state index contributed by atoms with van der Waals surface area (Å²) >= 11 is 0. The summed E-state index contributed by atoms with van der Waals surface area (Å²) in [5.41, 5.74) is 0.958. The van der Waals surface area contributed by atoms with Crippen molar-refractivity contribution in [2.75, 3.05) is 20.2 Å². The molecular formula is C17H22N2O2. The molecule has 0 aliphatic carbocycles. The minimum atomic E-state index is -0.606. The topological polar surface area (TPSA) is 53.3 Å². The Morgan fingerprint density at radius 3 is 2.81 bits per heavy atom. The maximum Gasteiger partial charge on any atom is 0.240 e. The maximum absolute atomic E-state index is 12.5. The van der Waals surface area contributed by atoms with Crippen LogP contribution in [0.2, 0.25) is 0 Å². The van der Waals surface area contributed by atoms with E-state index in [2.05, 4.69) is 13.0 Å². The van der Waals surface area contributed by atoms with E-state index in [1.165, 1.54) is 0 Å². The van der Waals surface area contributed by atoms with Gasteiger partial charge in [-0.15, -0.1) is 0 Å². The normalized spacial score (nSPS) is 17.1. The summed E-state index contributed by atoms with van der Waals surface area (Å²) < 4.78 is 5.18. The molecule has 0 N–H and O–H groups in total. The number of carbonyl (C=O) groups is 1. The third-order valence-corrected chi connectivity index (χ3v) is 4.12. The molecule has 1 unspecified atom stereocenters. The first kappa shape index (κ1) is 15.4. The first-order chi connectivity index (χ1) is 10.1. The maximum atomic E-state index is 12.5. The summed E-state index contributed by atoms with van der Waals surface area (Å²) in [5, 5.41) is 9.34. The number of rotatable bonds is 4. The number of carbonyl (C=O) groups excluding carboxylic acids is 1. The molecule has 1 saturated heterocycles. The second-order valence-electron chi connectivity index (χ2n) is 5.75. The van der Waals surface area contributed by atoms with E-state index in [0.29, 0.717) is 12.3 Å². The Hall–Kier alpha value is -2.02. The zero-order chi connectivity index (χ0) is 15.2. The molecule has 0 saturated carbocycles. The number of nitrogens with zero attached hydrogens (tertiary/aromatic N) is 2. The number of likely N-dealkylation sites (tertiary alicyclic amines) is 1. The van der Waals surface area contributed by atoms with Crippen LogP contribution < -0.4 is 4.74 Å². The summed E-state index contributed by atoms with van der Waals surface area (Å²) in [6.45, 7) is 3.76. The summed E-state index contributed by atoms with van der Waals surface area (Å²) in [6, 6.07) is 9.72. The van der Waals surface area contributed by atoms with Crippen molar-refractivity contribution in [2.24, 2.45) is 11.8 Å². The fourth-order valence-corrected chi connectivity index (χ4v) is 2.67. The van der Waals surface area contributed by atoms with E-state index in [9.17, 15) is 10.1 Å². The molecular weight excluding hydrogens is 264 g/mol. The predicted molar refractivity (Wildman–Crippen MR) is 80.8 cm³/mol. The van der Waals surface area contributed by atoms with Crippen LogP contribution in [-0.2, 0) is 11.2 Å². The van der Waals surface area contributed by atoms with Crippen LogP contribution in [0.1, 0.15) is 25.3 Å². The molecule has 1 atom stereocenters. The molecule has 1 aromatic rings. The van der Waals surface area contributed by atoms with E-state index in [0.717, 1.165) is 37.2 Å². The average molecular weight is 286 g/mol. The van der Waals surface area contributed by atoms with Crippen molar-refractivity contribution >= 4 is 5.91 Å². The Kier molecular flexibility index (Phi) is 5.21. The average Bonchev–Trinajstić information content (AvgIpc) is 2.53. The van der Waals surface area contributed by atoms with Crippen LogP contribution in [0.4, 0.5) is 0 Å². The standard InChI is InChI=1S/C17H22N2O2/c1-13-6-8-19(9-7-13)17(20)15(12-18)10-14-4-3-5-16(11-14)21-2/h3-5,11,13,15H,6-10H2,1-2H3. The van der Waals surface area contributed by atoms with Gasteiger partial charge in [-0.3, -0.25) is 4.79 Å². The van der Waals surface area contributed by atoms with Gasteiger partial charge >= 0.3 is 0 Å². The molecule has 1 aliphatic heterocycles. The molecule has 112 valence electrons. The second kappa shape index (κ2) is 7.12. The Morgan fingerprint density at radius 1 is 1.48 bits per heavy atom. The Morgan fingerprint density at radius 2 is 2.19 bits per heavy atom. The summed E-state index contributed by atoms with van der Waals surface area (Å²) in [7, 11) is 1.61. The van der Waals surface area contributed by atoms with E-state index < -0.39 is 5.92 Å². The van der Waals surface area contributed by atoms with Crippen LogP contribution in [0.25, 0.3) is 0 Å². The van der Waals surface area contributed by atoms with Gasteiger partial charge < -0.3 is 9.64 Å². The number of amides is 1. The van der Waals surface area contributed by atoms with Gasteiger partial charge in [0.2, 0.25) is 5.91 Å². The molecule has 1 aliphatic rings. The number of methoxy groups -OCH3 is 1. The van der Waals surface area contributed by atoms with Crippen LogP contribution in [0.5, 0.6) is 5.75 Å². The van der Waals surface area contributed by atoms with Gasteiger partial charge in [-0.2, -0.15) is 5.26 Å². The molecule has 2 rings (SSSR count). The van der Waals surface area contributed by atoms with Crippen LogP contribution in [0, 0.1) is 23.2 Å². The predicted octanol–water partition coefficient (Wildman–Crippen LogP) is 2.64. The van der Waals surface area contributed by atoms with Crippen LogP contribution >= 0.6 is 0 Å². The van der Waals surface area contributed by atoms with Crippen molar-refractivity contribution < 1.29 is 9.53 Å². The highest BCUT2D eigenvalue weighted by atomic mass is 16.5. The number of nitriles is 1. The largest absolute Gasteiger partial charge is 0.497 e. The first-order valence-electron chi connectivity index (χ1n) is 7.45. The van der Waals surface area contributed by atoms with Gasteiger partial charge in [-0.05, 0) is 42.9 Å².